The van der Waals surface area contributed by atoms with Crippen LogP contribution in [0.5, 0.6) is 0 Å². The van der Waals surface area contributed by atoms with E-state index in [2.05, 4.69) is 10.0 Å². The van der Waals surface area contributed by atoms with Crippen molar-refractivity contribution in [3.8, 4) is 0 Å². The highest BCUT2D eigenvalue weighted by molar-refractivity contribution is 7.90. The largest absolute Gasteiger partial charge is 0.480 e. The zero-order valence-electron chi connectivity index (χ0n) is 7.19. The molecule has 1 fully saturated rings. The number of carboxylic acids is 1. The van der Waals surface area contributed by atoms with E-state index in [1.165, 1.54) is 0 Å². The van der Waals surface area contributed by atoms with Crippen LogP contribution in [0.1, 0.15) is 6.42 Å². The molecule has 0 aliphatic carbocycles. The summed E-state index contributed by atoms with van der Waals surface area (Å²) in [5, 5.41) is 10.7. The Morgan fingerprint density at radius 2 is 2.29 bits per heavy atom. The number of amides is 1. The van der Waals surface area contributed by atoms with Crippen molar-refractivity contribution in [1.29, 1.82) is 0 Å². The highest BCUT2D eigenvalue weighted by atomic mass is 32.2. The van der Waals surface area contributed by atoms with Crippen LogP contribution >= 0.6 is 0 Å². The molecule has 3 N–H and O–H groups in total. The average molecular weight is 222 g/mol. The molecule has 8 heteroatoms. The van der Waals surface area contributed by atoms with E-state index in [-0.39, 0.29) is 18.9 Å². The molecule has 0 spiro atoms. The zero-order chi connectivity index (χ0) is 10.8. The fourth-order valence-electron chi connectivity index (χ4n) is 1.15. The maximum absolute atomic E-state index is 11.1. The molecule has 0 saturated carbocycles. The van der Waals surface area contributed by atoms with Crippen LogP contribution in [0, 0.1) is 0 Å². The van der Waals surface area contributed by atoms with E-state index >= 15 is 0 Å². The monoisotopic (exact) mass is 222 g/mol. The highest BCUT2D eigenvalue weighted by Gasteiger charge is 2.26. The summed E-state index contributed by atoms with van der Waals surface area (Å²) in [5.41, 5.74) is 0. The fraction of sp³-hybridized carbons (Fsp3) is 0.667. The molecule has 1 aliphatic heterocycles. The van der Waals surface area contributed by atoms with Crippen LogP contribution in [-0.2, 0) is 19.6 Å². The van der Waals surface area contributed by atoms with Gasteiger partial charge in [-0.05, 0) is 0 Å². The molecular formula is C6H10N2O5S. The summed E-state index contributed by atoms with van der Waals surface area (Å²) in [6, 6.07) is -0.535. The van der Waals surface area contributed by atoms with E-state index in [1.54, 1.807) is 0 Å². The molecule has 0 bridgehead atoms. The summed E-state index contributed by atoms with van der Waals surface area (Å²) in [4.78, 5) is 20.9. The standard InChI is InChI=1S/C6H10N2O5S/c9-5-1-4(2-7-5)8-14(12,13)3-6(10)11/h4,8H,1-3H2,(H,7,9)(H,10,11). The van der Waals surface area contributed by atoms with Gasteiger partial charge in [-0.15, -0.1) is 0 Å². The Bertz CT molecular complexity index is 349. The summed E-state index contributed by atoms with van der Waals surface area (Å²) < 4.78 is 24.3. The molecule has 80 valence electrons. The van der Waals surface area contributed by atoms with Crippen molar-refractivity contribution in [2.75, 3.05) is 12.3 Å². The van der Waals surface area contributed by atoms with Gasteiger partial charge in [-0.2, -0.15) is 0 Å². The van der Waals surface area contributed by atoms with Crippen LogP contribution in [0.4, 0.5) is 0 Å². The van der Waals surface area contributed by atoms with Gasteiger partial charge in [0.05, 0.1) is 0 Å². The van der Waals surface area contributed by atoms with E-state index < -0.39 is 27.8 Å². The molecular weight excluding hydrogens is 212 g/mol. The number of nitrogens with one attached hydrogen (secondary N) is 2. The van der Waals surface area contributed by atoms with Crippen molar-refractivity contribution in [3.63, 3.8) is 0 Å². The number of rotatable bonds is 4. The summed E-state index contributed by atoms with van der Waals surface area (Å²) in [6.07, 6.45) is 0.0544. The summed E-state index contributed by atoms with van der Waals surface area (Å²) in [7, 11) is -3.83. The number of hydrogen-bond acceptors (Lipinski definition) is 4. The third-order valence-electron chi connectivity index (χ3n) is 1.64. The first-order valence-corrected chi connectivity index (χ1v) is 5.53. The Morgan fingerprint density at radius 1 is 1.64 bits per heavy atom. The highest BCUT2D eigenvalue weighted by Crippen LogP contribution is 2.01. The molecule has 0 aromatic heterocycles. The van der Waals surface area contributed by atoms with Crippen molar-refractivity contribution in [1.82, 2.24) is 10.0 Å². The van der Waals surface area contributed by atoms with Gasteiger partial charge in [0.15, 0.2) is 5.75 Å². The molecule has 0 aromatic rings. The van der Waals surface area contributed by atoms with Crippen LogP contribution in [0.3, 0.4) is 0 Å². The minimum atomic E-state index is -3.83. The van der Waals surface area contributed by atoms with Gasteiger partial charge in [-0.3, -0.25) is 9.59 Å². The van der Waals surface area contributed by atoms with Crippen molar-refractivity contribution >= 4 is 21.9 Å². The van der Waals surface area contributed by atoms with Gasteiger partial charge in [0.25, 0.3) is 0 Å². The van der Waals surface area contributed by atoms with Crippen molar-refractivity contribution in [2.24, 2.45) is 0 Å². The second kappa shape index (κ2) is 3.93. The Kier molecular flexibility index (Phi) is 3.06. The van der Waals surface area contributed by atoms with Crippen LogP contribution in [0.15, 0.2) is 0 Å². The normalized spacial score (nSPS) is 22.0. The molecule has 1 heterocycles. The smallest absolute Gasteiger partial charge is 0.320 e. The van der Waals surface area contributed by atoms with Gasteiger partial charge >= 0.3 is 5.97 Å². The first-order valence-electron chi connectivity index (χ1n) is 3.87. The molecule has 14 heavy (non-hydrogen) atoms. The quantitative estimate of drug-likeness (QED) is 0.503. The first-order chi connectivity index (χ1) is 6.39. The van der Waals surface area contributed by atoms with Crippen LogP contribution in [-0.4, -0.2) is 43.7 Å². The Morgan fingerprint density at radius 3 is 2.71 bits per heavy atom. The molecule has 1 saturated heterocycles. The number of hydrogen-bond donors (Lipinski definition) is 3. The van der Waals surface area contributed by atoms with Crippen molar-refractivity contribution in [2.45, 2.75) is 12.5 Å². The van der Waals surface area contributed by atoms with Crippen LogP contribution in [0.2, 0.25) is 0 Å². The maximum Gasteiger partial charge on any atom is 0.320 e. The summed E-state index contributed by atoms with van der Waals surface area (Å²) in [5.74, 6) is -2.64. The molecule has 1 amide bonds. The SMILES string of the molecule is O=C(O)CS(=O)(=O)NC1CNC(=O)C1. The zero-order valence-corrected chi connectivity index (χ0v) is 8.00. The number of carboxylic acid groups (broad SMARTS) is 1. The summed E-state index contributed by atoms with van der Waals surface area (Å²) >= 11 is 0. The van der Waals surface area contributed by atoms with Gasteiger partial charge in [0.2, 0.25) is 15.9 Å². The van der Waals surface area contributed by atoms with Crippen molar-refractivity contribution in [3.05, 3.63) is 0 Å². The van der Waals surface area contributed by atoms with Crippen molar-refractivity contribution < 1.29 is 23.1 Å². The number of carbonyl (C=O) groups is 2. The Balaban J connectivity index is 2.51. The maximum atomic E-state index is 11.1. The van der Waals surface area contributed by atoms with Gasteiger partial charge < -0.3 is 10.4 Å². The number of aliphatic carboxylic acids is 1. The second-order valence-corrected chi connectivity index (χ2v) is 4.73. The lowest BCUT2D eigenvalue weighted by molar-refractivity contribution is -0.134. The number of sulfonamides is 1. The number of carbonyl (C=O) groups excluding carboxylic acids is 1. The van der Waals surface area contributed by atoms with Gasteiger partial charge in [-0.1, -0.05) is 0 Å². The van der Waals surface area contributed by atoms with Crippen LogP contribution < -0.4 is 10.0 Å². The molecule has 1 atom stereocenters. The Labute approximate surface area is 80.5 Å². The molecule has 0 radical (unpaired) electrons. The first kappa shape index (κ1) is 10.9. The summed E-state index contributed by atoms with van der Waals surface area (Å²) in [6.45, 7) is 0.206. The van der Waals surface area contributed by atoms with E-state index in [4.69, 9.17) is 5.11 Å². The van der Waals surface area contributed by atoms with E-state index in [9.17, 15) is 18.0 Å². The molecule has 0 aromatic carbocycles. The lowest BCUT2D eigenvalue weighted by Crippen LogP contribution is -2.39. The lowest BCUT2D eigenvalue weighted by atomic mass is 10.3. The molecule has 1 unspecified atom stereocenters. The molecule has 1 aliphatic rings. The Hall–Kier alpha value is -1.15. The third-order valence-corrected chi connectivity index (χ3v) is 2.96. The third kappa shape index (κ3) is 3.30. The predicted molar refractivity (Wildman–Crippen MR) is 46.0 cm³/mol. The molecule has 7 nitrogen and oxygen atoms in total. The van der Waals surface area contributed by atoms with E-state index in [1.807, 2.05) is 0 Å². The molecule has 1 rings (SSSR count). The van der Waals surface area contributed by atoms with E-state index in [0.717, 1.165) is 0 Å². The topological polar surface area (TPSA) is 113 Å². The second-order valence-electron chi connectivity index (χ2n) is 2.98. The van der Waals surface area contributed by atoms with Gasteiger partial charge in [-0.25, -0.2) is 13.1 Å². The van der Waals surface area contributed by atoms with E-state index in [0.29, 0.717) is 0 Å². The van der Waals surface area contributed by atoms with Gasteiger partial charge in [0.1, 0.15) is 0 Å². The minimum Gasteiger partial charge on any atom is -0.480 e. The predicted octanol–water partition coefficient (Wildman–Crippen LogP) is -2.12. The van der Waals surface area contributed by atoms with Crippen LogP contribution in [0.25, 0.3) is 0 Å². The lowest BCUT2D eigenvalue weighted by Gasteiger charge is -2.08. The average Bonchev–Trinajstić information content (AvgIpc) is 2.30. The fourth-order valence-corrected chi connectivity index (χ4v) is 2.23. The van der Waals surface area contributed by atoms with Gasteiger partial charge in [0, 0.05) is 19.0 Å². The minimum absolute atomic E-state index is 0.0544.